The Kier molecular flexibility index (Phi) is 9.03. The number of amides is 2. The second kappa shape index (κ2) is 12.3. The minimum absolute atomic E-state index is 0.178. The molecule has 10 nitrogen and oxygen atoms in total. The molecule has 0 spiro atoms. The highest BCUT2D eigenvalue weighted by atomic mass is 32.2. The average Bonchev–Trinajstić information content (AvgIpc) is 3.40. The number of fused-ring (bicyclic) bond motifs is 2. The highest BCUT2D eigenvalue weighted by Gasteiger charge is 2.28. The van der Waals surface area contributed by atoms with Gasteiger partial charge < -0.3 is 19.4 Å². The molecule has 2 aromatic heterocycles. The van der Waals surface area contributed by atoms with Crippen LogP contribution >= 0.6 is 22.7 Å². The fourth-order valence-corrected chi connectivity index (χ4v) is 7.78. The number of sulfone groups is 1. The lowest BCUT2D eigenvalue weighted by Crippen LogP contribution is -2.28. The van der Waals surface area contributed by atoms with E-state index in [4.69, 9.17) is 9.47 Å². The Morgan fingerprint density at radius 1 is 1.18 bits per heavy atom. The largest absolute Gasteiger partial charge is 0.497 e. The lowest BCUT2D eigenvalue weighted by Gasteiger charge is -2.12. The number of anilines is 1. The van der Waals surface area contributed by atoms with Gasteiger partial charge in [0.2, 0.25) is 5.91 Å². The SMILES string of the molecule is C=CCn1c(=NC(=O)CS(=O)(=O)CC(=O)Nc2sc3c(c2C(=O)OCC)CCCC3)sc2cc(OC)ccc21. The van der Waals surface area contributed by atoms with Crippen LogP contribution in [-0.2, 0) is 43.5 Å². The Bertz CT molecular complexity index is 1610. The molecule has 2 amide bonds. The van der Waals surface area contributed by atoms with Gasteiger partial charge in [0.25, 0.3) is 5.91 Å². The zero-order chi connectivity index (χ0) is 28.2. The van der Waals surface area contributed by atoms with Gasteiger partial charge in [0, 0.05) is 11.4 Å². The number of nitrogens with one attached hydrogen (secondary N) is 1. The van der Waals surface area contributed by atoms with Gasteiger partial charge in [-0.1, -0.05) is 17.4 Å². The van der Waals surface area contributed by atoms with E-state index < -0.39 is 39.1 Å². The molecule has 0 unspecified atom stereocenters. The first kappa shape index (κ1) is 28.7. The van der Waals surface area contributed by atoms with Gasteiger partial charge in [0.05, 0.1) is 29.5 Å². The number of aryl methyl sites for hydroxylation is 1. The molecule has 13 heteroatoms. The van der Waals surface area contributed by atoms with Crippen LogP contribution in [-0.4, -0.2) is 56.0 Å². The van der Waals surface area contributed by atoms with Crippen molar-refractivity contribution in [3.63, 3.8) is 0 Å². The number of hydrogen-bond donors (Lipinski definition) is 1. The third-order valence-corrected chi connectivity index (χ3v) is 9.66. The molecule has 2 heterocycles. The first-order chi connectivity index (χ1) is 18.7. The van der Waals surface area contributed by atoms with Crippen LogP contribution in [0, 0.1) is 0 Å². The maximum absolute atomic E-state index is 12.7. The van der Waals surface area contributed by atoms with Crippen LogP contribution in [0.25, 0.3) is 10.2 Å². The predicted octanol–water partition coefficient (Wildman–Crippen LogP) is 3.50. The molecular weight excluding hydrogens is 563 g/mol. The number of methoxy groups -OCH3 is 1. The summed E-state index contributed by atoms with van der Waals surface area (Å²) in [5.74, 6) is -3.48. The number of ether oxygens (including phenoxy) is 2. The van der Waals surface area contributed by atoms with Crippen LogP contribution in [0.3, 0.4) is 0 Å². The van der Waals surface area contributed by atoms with E-state index >= 15 is 0 Å². The van der Waals surface area contributed by atoms with E-state index in [2.05, 4.69) is 16.9 Å². The van der Waals surface area contributed by atoms with Crippen molar-refractivity contribution in [3.8, 4) is 5.75 Å². The molecule has 3 aromatic rings. The summed E-state index contributed by atoms with van der Waals surface area (Å²) in [6.45, 7) is 5.97. The molecule has 0 saturated carbocycles. The standard InChI is InChI=1S/C26H29N3O7S3/c1-4-12-29-18-11-10-16(35-3)13-20(18)38-26(29)28-22(31)15-39(33,34)14-21(30)27-24-23(25(32)36-5-2)17-8-6-7-9-19(17)37-24/h4,10-11,13H,1,5-9,12,14-15H2,2-3H3,(H,27,30). The maximum Gasteiger partial charge on any atom is 0.341 e. The van der Waals surface area contributed by atoms with Crippen molar-refractivity contribution >= 4 is 65.5 Å². The van der Waals surface area contributed by atoms with E-state index in [9.17, 15) is 22.8 Å². The predicted molar refractivity (Wildman–Crippen MR) is 151 cm³/mol. The number of carbonyl (C=O) groups is 3. The quantitative estimate of drug-likeness (QED) is 0.282. The van der Waals surface area contributed by atoms with Crippen molar-refractivity contribution in [1.82, 2.24) is 4.57 Å². The summed E-state index contributed by atoms with van der Waals surface area (Å²) in [5, 5.41) is 2.85. The van der Waals surface area contributed by atoms with Crippen molar-refractivity contribution in [2.45, 2.75) is 39.2 Å². The van der Waals surface area contributed by atoms with E-state index in [1.165, 1.54) is 22.7 Å². The van der Waals surface area contributed by atoms with Crippen LogP contribution in [0.15, 0.2) is 35.8 Å². The highest BCUT2D eigenvalue weighted by Crippen LogP contribution is 2.38. The molecule has 39 heavy (non-hydrogen) atoms. The van der Waals surface area contributed by atoms with Gasteiger partial charge in [-0.15, -0.1) is 17.9 Å². The summed E-state index contributed by atoms with van der Waals surface area (Å²) in [6.07, 6.45) is 5.02. The van der Waals surface area contributed by atoms with Crippen LogP contribution in [0.5, 0.6) is 5.75 Å². The molecule has 208 valence electrons. The molecule has 4 rings (SSSR count). The van der Waals surface area contributed by atoms with Gasteiger partial charge in [-0.3, -0.25) is 9.59 Å². The Morgan fingerprint density at radius 3 is 2.67 bits per heavy atom. The summed E-state index contributed by atoms with van der Waals surface area (Å²) in [6, 6.07) is 5.41. The molecule has 0 atom stereocenters. The van der Waals surface area contributed by atoms with Gasteiger partial charge in [0.15, 0.2) is 14.6 Å². The van der Waals surface area contributed by atoms with Crippen molar-refractivity contribution in [2.24, 2.45) is 4.99 Å². The van der Waals surface area contributed by atoms with Crippen molar-refractivity contribution < 1.29 is 32.3 Å². The summed E-state index contributed by atoms with van der Waals surface area (Å²) in [7, 11) is -2.59. The van der Waals surface area contributed by atoms with Gasteiger partial charge >= 0.3 is 5.97 Å². The Morgan fingerprint density at radius 2 is 1.95 bits per heavy atom. The third kappa shape index (κ3) is 6.65. The fourth-order valence-electron chi connectivity index (χ4n) is 4.39. The van der Waals surface area contributed by atoms with E-state index in [1.807, 2.05) is 6.07 Å². The lowest BCUT2D eigenvalue weighted by molar-refractivity contribution is -0.115. The van der Waals surface area contributed by atoms with Crippen molar-refractivity contribution in [2.75, 3.05) is 30.5 Å². The van der Waals surface area contributed by atoms with Gasteiger partial charge in [-0.25, -0.2) is 13.2 Å². The monoisotopic (exact) mass is 591 g/mol. The molecule has 1 aromatic carbocycles. The Hall–Kier alpha value is -3.29. The zero-order valence-corrected chi connectivity index (χ0v) is 24.1. The number of thiophene rings is 1. The first-order valence-electron chi connectivity index (χ1n) is 12.3. The number of rotatable bonds is 10. The number of aromatic nitrogens is 1. The molecule has 1 aliphatic carbocycles. The summed E-state index contributed by atoms with van der Waals surface area (Å²) in [5.41, 5.74) is 1.94. The Labute approximate surface area is 233 Å². The van der Waals surface area contributed by atoms with Gasteiger partial charge in [0.1, 0.15) is 22.3 Å². The maximum atomic E-state index is 12.7. The second-order valence-corrected chi connectivity index (χ2v) is 13.0. The average molecular weight is 592 g/mol. The number of hydrogen-bond acceptors (Lipinski definition) is 9. The number of allylic oxidation sites excluding steroid dienone is 1. The van der Waals surface area contributed by atoms with Crippen LogP contribution in [0.2, 0.25) is 0 Å². The molecule has 0 aliphatic heterocycles. The van der Waals surface area contributed by atoms with E-state index in [0.717, 1.165) is 39.9 Å². The minimum atomic E-state index is -4.14. The smallest absolute Gasteiger partial charge is 0.341 e. The first-order valence-corrected chi connectivity index (χ1v) is 15.8. The van der Waals surface area contributed by atoms with Crippen LogP contribution in [0.1, 0.15) is 40.6 Å². The number of benzene rings is 1. The number of esters is 1. The second-order valence-electron chi connectivity index (χ2n) is 8.84. The molecular formula is C26H29N3O7S3. The van der Waals surface area contributed by atoms with E-state index in [1.54, 1.807) is 36.8 Å². The van der Waals surface area contributed by atoms with Gasteiger partial charge in [-0.05, 0) is 56.4 Å². The Balaban J connectivity index is 1.51. The highest BCUT2D eigenvalue weighted by molar-refractivity contribution is 7.92. The fraction of sp³-hybridized carbons (Fsp3) is 0.385. The molecule has 1 N–H and O–H groups in total. The summed E-state index contributed by atoms with van der Waals surface area (Å²) >= 11 is 2.48. The number of nitrogens with zero attached hydrogens (tertiary/aromatic N) is 2. The van der Waals surface area contributed by atoms with Crippen molar-refractivity contribution in [1.29, 1.82) is 0 Å². The topological polar surface area (TPSA) is 133 Å². The molecule has 1 aliphatic rings. The van der Waals surface area contributed by atoms with Crippen molar-refractivity contribution in [3.05, 3.63) is 51.7 Å². The van der Waals surface area contributed by atoms with Gasteiger partial charge in [-0.2, -0.15) is 4.99 Å². The number of thiazole rings is 1. The molecule has 0 radical (unpaired) electrons. The van der Waals surface area contributed by atoms with Crippen LogP contribution in [0.4, 0.5) is 5.00 Å². The number of carbonyl (C=O) groups excluding carboxylic acids is 3. The van der Waals surface area contributed by atoms with E-state index in [-0.39, 0.29) is 11.6 Å². The summed E-state index contributed by atoms with van der Waals surface area (Å²) < 4.78 is 38.5. The molecule has 0 saturated heterocycles. The lowest BCUT2D eigenvalue weighted by atomic mass is 9.95. The molecule has 0 fully saturated rings. The normalized spacial score (nSPS) is 13.6. The van der Waals surface area contributed by atoms with E-state index in [0.29, 0.717) is 29.1 Å². The minimum Gasteiger partial charge on any atom is -0.497 e. The molecule has 0 bridgehead atoms. The summed E-state index contributed by atoms with van der Waals surface area (Å²) in [4.78, 5) is 43.3. The zero-order valence-electron chi connectivity index (χ0n) is 21.7. The van der Waals surface area contributed by atoms with Crippen LogP contribution < -0.4 is 14.9 Å². The third-order valence-electron chi connectivity index (χ3n) is 6.02.